The maximum atomic E-state index is 12.1. The molecule has 0 radical (unpaired) electrons. The molecular weight excluding hydrogens is 284 g/mol. The smallest absolute Gasteiger partial charge is 0.388 e. The number of hydrogen-bond donors (Lipinski definition) is 0. The van der Waals surface area contributed by atoms with Crippen LogP contribution in [-0.4, -0.2) is 34.6 Å². The van der Waals surface area contributed by atoms with Crippen molar-refractivity contribution >= 4 is 5.97 Å². The zero-order valence-corrected chi connectivity index (χ0v) is 11.2. The lowest BCUT2D eigenvalue weighted by Crippen LogP contribution is -2.07. The molecule has 0 saturated carbocycles. The van der Waals surface area contributed by atoms with Crippen LogP contribution in [0.5, 0.6) is 5.88 Å². The minimum absolute atomic E-state index is 0.0438. The highest BCUT2D eigenvalue weighted by Crippen LogP contribution is 2.23. The van der Waals surface area contributed by atoms with E-state index in [0.717, 1.165) is 0 Å². The van der Waals surface area contributed by atoms with Crippen molar-refractivity contribution in [2.75, 3.05) is 7.11 Å². The van der Waals surface area contributed by atoms with E-state index in [-0.39, 0.29) is 11.6 Å². The molecule has 2 heterocycles. The highest BCUT2D eigenvalue weighted by Gasteiger charge is 2.13. The zero-order valence-electron chi connectivity index (χ0n) is 11.2. The third-order valence-electron chi connectivity index (χ3n) is 2.58. The summed E-state index contributed by atoms with van der Waals surface area (Å²) < 4.78 is 33.0. The van der Waals surface area contributed by atoms with E-state index < -0.39 is 12.6 Å². The van der Waals surface area contributed by atoms with Gasteiger partial charge in [-0.2, -0.15) is 8.78 Å². The molecule has 0 fully saturated rings. The summed E-state index contributed by atoms with van der Waals surface area (Å²) in [6.07, 6.45) is 2.70. The summed E-state index contributed by atoms with van der Waals surface area (Å²) in [5, 5.41) is 0. The molecule has 0 bridgehead atoms. The van der Waals surface area contributed by atoms with Crippen molar-refractivity contribution in [3.05, 3.63) is 35.9 Å². The molecule has 0 aliphatic heterocycles. The van der Waals surface area contributed by atoms with Gasteiger partial charge in [-0.05, 0) is 13.0 Å². The second kappa shape index (κ2) is 6.21. The first-order chi connectivity index (χ1) is 10.0. The number of nitrogens with zero attached hydrogens (tertiary/aromatic N) is 3. The third kappa shape index (κ3) is 3.47. The normalized spacial score (nSPS) is 10.5. The number of esters is 1. The minimum atomic E-state index is -2.94. The summed E-state index contributed by atoms with van der Waals surface area (Å²) in [6.45, 7) is -1.33. The Bertz CT molecular complexity index is 665. The van der Waals surface area contributed by atoms with E-state index in [1.54, 1.807) is 6.92 Å². The number of alkyl halides is 2. The van der Waals surface area contributed by atoms with Crippen molar-refractivity contribution in [2.24, 2.45) is 0 Å². The van der Waals surface area contributed by atoms with Gasteiger partial charge < -0.3 is 9.47 Å². The summed E-state index contributed by atoms with van der Waals surface area (Å²) in [4.78, 5) is 23.3. The van der Waals surface area contributed by atoms with Crippen LogP contribution < -0.4 is 4.74 Å². The molecule has 2 aromatic heterocycles. The molecule has 6 nitrogen and oxygen atoms in total. The summed E-state index contributed by atoms with van der Waals surface area (Å²) in [5.74, 6) is -0.809. The van der Waals surface area contributed by atoms with Crippen LogP contribution in [-0.2, 0) is 4.74 Å². The molecule has 8 heteroatoms. The topological polar surface area (TPSA) is 74.2 Å². The van der Waals surface area contributed by atoms with Crippen molar-refractivity contribution < 1.29 is 23.0 Å². The van der Waals surface area contributed by atoms with E-state index in [4.69, 9.17) is 0 Å². The van der Waals surface area contributed by atoms with Gasteiger partial charge in [0.05, 0.1) is 30.9 Å². The average molecular weight is 295 g/mol. The van der Waals surface area contributed by atoms with Gasteiger partial charge in [0.15, 0.2) is 5.69 Å². The van der Waals surface area contributed by atoms with Crippen LogP contribution in [0.3, 0.4) is 0 Å². The Labute approximate surface area is 118 Å². The van der Waals surface area contributed by atoms with Gasteiger partial charge in [-0.1, -0.05) is 0 Å². The second-order valence-corrected chi connectivity index (χ2v) is 3.94. The number of aryl methyl sites for hydroxylation is 1. The van der Waals surface area contributed by atoms with Gasteiger partial charge in [0.1, 0.15) is 0 Å². The van der Waals surface area contributed by atoms with E-state index in [1.807, 2.05) is 0 Å². The fourth-order valence-corrected chi connectivity index (χ4v) is 1.66. The molecule has 0 amide bonds. The monoisotopic (exact) mass is 295 g/mol. The number of methoxy groups -OCH3 is 1. The lowest BCUT2D eigenvalue weighted by atomic mass is 10.1. The molecule has 0 aromatic carbocycles. The number of pyridine rings is 1. The third-order valence-corrected chi connectivity index (χ3v) is 2.58. The lowest BCUT2D eigenvalue weighted by Gasteiger charge is -2.08. The van der Waals surface area contributed by atoms with Crippen LogP contribution in [0.15, 0.2) is 24.5 Å². The Hall–Kier alpha value is -2.64. The fourth-order valence-electron chi connectivity index (χ4n) is 1.66. The molecule has 0 atom stereocenters. The summed E-state index contributed by atoms with van der Waals surface area (Å²) >= 11 is 0. The Morgan fingerprint density at radius 3 is 2.62 bits per heavy atom. The first-order valence-electron chi connectivity index (χ1n) is 5.84. The molecule has 0 aliphatic rings. The van der Waals surface area contributed by atoms with Crippen LogP contribution >= 0.6 is 0 Å². The van der Waals surface area contributed by atoms with Crippen molar-refractivity contribution in [1.29, 1.82) is 0 Å². The summed E-state index contributed by atoms with van der Waals surface area (Å²) in [5.41, 5.74) is 1.40. The standard InChI is InChI=1S/C13H11F2N3O3/c1-7-8(3-4-11(17-7)21-13(14)15)9-5-16-6-10(18-9)12(19)20-2/h3-6,13H,1-2H3. The first-order valence-corrected chi connectivity index (χ1v) is 5.84. The number of carbonyl (C=O) groups is 1. The van der Waals surface area contributed by atoms with Gasteiger partial charge in [0.25, 0.3) is 0 Å². The van der Waals surface area contributed by atoms with Gasteiger partial charge in [-0.3, -0.25) is 4.98 Å². The Morgan fingerprint density at radius 2 is 2.00 bits per heavy atom. The number of rotatable bonds is 4. The van der Waals surface area contributed by atoms with Crippen molar-refractivity contribution in [3.63, 3.8) is 0 Å². The van der Waals surface area contributed by atoms with Gasteiger partial charge in [-0.25, -0.2) is 14.8 Å². The van der Waals surface area contributed by atoms with E-state index in [1.165, 1.54) is 31.6 Å². The number of ether oxygens (including phenoxy) is 2. The second-order valence-electron chi connectivity index (χ2n) is 3.94. The maximum absolute atomic E-state index is 12.1. The molecule has 0 saturated heterocycles. The molecule has 0 N–H and O–H groups in total. The highest BCUT2D eigenvalue weighted by molar-refractivity contribution is 5.87. The van der Waals surface area contributed by atoms with Crippen LogP contribution in [0.25, 0.3) is 11.3 Å². The quantitative estimate of drug-likeness (QED) is 0.805. The van der Waals surface area contributed by atoms with E-state index in [9.17, 15) is 13.6 Å². The van der Waals surface area contributed by atoms with Crippen molar-refractivity contribution in [2.45, 2.75) is 13.5 Å². The number of aromatic nitrogens is 3. The number of halogens is 2. The van der Waals surface area contributed by atoms with E-state index in [2.05, 4.69) is 24.4 Å². The molecule has 21 heavy (non-hydrogen) atoms. The number of carbonyl (C=O) groups excluding carboxylic acids is 1. The lowest BCUT2D eigenvalue weighted by molar-refractivity contribution is -0.0529. The molecule has 2 rings (SSSR count). The molecular formula is C13H11F2N3O3. The maximum Gasteiger partial charge on any atom is 0.388 e. The van der Waals surface area contributed by atoms with Gasteiger partial charge in [0.2, 0.25) is 5.88 Å². The number of hydrogen-bond acceptors (Lipinski definition) is 6. The largest absolute Gasteiger partial charge is 0.464 e. The molecule has 0 unspecified atom stereocenters. The Kier molecular flexibility index (Phi) is 4.36. The molecule has 0 aliphatic carbocycles. The van der Waals surface area contributed by atoms with Crippen molar-refractivity contribution in [1.82, 2.24) is 15.0 Å². The van der Waals surface area contributed by atoms with Gasteiger partial charge >= 0.3 is 12.6 Å². The molecule has 0 spiro atoms. The van der Waals surface area contributed by atoms with Crippen LogP contribution in [0.1, 0.15) is 16.2 Å². The Balaban J connectivity index is 2.36. The fraction of sp³-hybridized carbons (Fsp3) is 0.231. The SMILES string of the molecule is COC(=O)c1cncc(-c2ccc(OC(F)F)nc2C)n1. The van der Waals surface area contributed by atoms with Crippen LogP contribution in [0, 0.1) is 6.92 Å². The summed E-state index contributed by atoms with van der Waals surface area (Å²) in [6, 6.07) is 2.81. The van der Waals surface area contributed by atoms with Gasteiger partial charge in [-0.15, -0.1) is 0 Å². The minimum Gasteiger partial charge on any atom is -0.464 e. The predicted octanol–water partition coefficient (Wildman–Crippen LogP) is 2.24. The molecule has 2 aromatic rings. The highest BCUT2D eigenvalue weighted by atomic mass is 19.3. The Morgan fingerprint density at radius 1 is 1.24 bits per heavy atom. The zero-order chi connectivity index (χ0) is 15.4. The summed E-state index contributed by atoms with van der Waals surface area (Å²) in [7, 11) is 1.24. The van der Waals surface area contributed by atoms with Crippen LogP contribution in [0.2, 0.25) is 0 Å². The van der Waals surface area contributed by atoms with E-state index >= 15 is 0 Å². The van der Waals surface area contributed by atoms with E-state index in [0.29, 0.717) is 17.0 Å². The van der Waals surface area contributed by atoms with Gasteiger partial charge in [0, 0.05) is 11.6 Å². The van der Waals surface area contributed by atoms with Crippen molar-refractivity contribution in [3.8, 4) is 17.1 Å². The first kappa shape index (κ1) is 14.8. The molecule has 110 valence electrons. The van der Waals surface area contributed by atoms with Crippen LogP contribution in [0.4, 0.5) is 8.78 Å². The average Bonchev–Trinajstić information content (AvgIpc) is 2.46. The predicted molar refractivity (Wildman–Crippen MR) is 68.0 cm³/mol.